The third-order valence-corrected chi connectivity index (χ3v) is 4.41. The molecule has 0 bridgehead atoms. The highest BCUT2D eigenvalue weighted by molar-refractivity contribution is 9.10. The fourth-order valence-corrected chi connectivity index (χ4v) is 2.87. The van der Waals surface area contributed by atoms with Crippen LogP contribution in [0.3, 0.4) is 0 Å². The van der Waals surface area contributed by atoms with Gasteiger partial charge in [0.2, 0.25) is 0 Å². The Morgan fingerprint density at radius 3 is 2.63 bits per heavy atom. The summed E-state index contributed by atoms with van der Waals surface area (Å²) in [6, 6.07) is 6.57. The molecule has 1 aliphatic heterocycles. The zero-order valence-corrected chi connectivity index (χ0v) is 13.6. The van der Waals surface area contributed by atoms with Crippen molar-refractivity contribution in [3.63, 3.8) is 0 Å². The lowest BCUT2D eigenvalue weighted by molar-refractivity contribution is 0.157. The molecule has 5 heteroatoms. The molecule has 1 saturated heterocycles. The Morgan fingerprint density at radius 2 is 2.05 bits per heavy atom. The first-order valence-electron chi connectivity index (χ1n) is 6.49. The lowest BCUT2D eigenvalue weighted by Crippen LogP contribution is -2.45. The Balaban J connectivity index is 0.00000180. The van der Waals surface area contributed by atoms with Crippen LogP contribution in [0.1, 0.15) is 23.6 Å². The van der Waals surface area contributed by atoms with E-state index < -0.39 is 0 Å². The normalized spacial score (nSPS) is 17.8. The monoisotopic (exact) mass is 350 g/mol. The van der Waals surface area contributed by atoms with Gasteiger partial charge in [-0.3, -0.25) is 9.29 Å². The van der Waals surface area contributed by atoms with Gasteiger partial charge >= 0.3 is 0 Å². The minimum absolute atomic E-state index is 0. The summed E-state index contributed by atoms with van der Waals surface area (Å²) >= 11 is 3.56. The number of halogens is 3. The maximum Gasteiger partial charge on any atom is 0.0912 e. The van der Waals surface area contributed by atoms with Crippen LogP contribution in [0.2, 0.25) is 0 Å². The molecule has 0 radical (unpaired) electrons. The number of nitrogens with one attached hydrogen (secondary N) is 1. The molecule has 0 spiro atoms. The molecule has 0 amide bonds. The van der Waals surface area contributed by atoms with Crippen LogP contribution < -0.4 is 5.32 Å². The smallest absolute Gasteiger partial charge is 0.0912 e. The summed E-state index contributed by atoms with van der Waals surface area (Å²) in [6.07, 6.45) is 0.579. The second-order valence-corrected chi connectivity index (χ2v) is 5.64. The maximum atomic E-state index is 12.8. The van der Waals surface area contributed by atoms with E-state index in [0.29, 0.717) is 6.42 Å². The van der Waals surface area contributed by atoms with Crippen LogP contribution in [0, 0.1) is 6.92 Å². The van der Waals surface area contributed by atoms with E-state index in [4.69, 9.17) is 0 Å². The van der Waals surface area contributed by atoms with Crippen LogP contribution in [-0.4, -0.2) is 37.8 Å². The van der Waals surface area contributed by atoms with Gasteiger partial charge in [0, 0.05) is 36.7 Å². The summed E-state index contributed by atoms with van der Waals surface area (Å²) < 4.78 is 13.9. The van der Waals surface area contributed by atoms with Gasteiger partial charge in [0.05, 0.1) is 6.67 Å². The highest BCUT2D eigenvalue weighted by atomic mass is 79.9. The number of rotatable bonds is 4. The van der Waals surface area contributed by atoms with Gasteiger partial charge < -0.3 is 5.32 Å². The molecule has 1 aliphatic rings. The quantitative estimate of drug-likeness (QED) is 0.893. The first-order valence-corrected chi connectivity index (χ1v) is 7.28. The summed E-state index contributed by atoms with van der Waals surface area (Å²) in [7, 11) is 0. The van der Waals surface area contributed by atoms with Gasteiger partial charge in [-0.25, -0.2) is 0 Å². The Hall–Kier alpha value is -0.160. The van der Waals surface area contributed by atoms with E-state index in [0.717, 1.165) is 30.7 Å². The lowest BCUT2D eigenvalue weighted by atomic mass is 10.0. The molecule has 1 aromatic carbocycles. The van der Waals surface area contributed by atoms with Crippen LogP contribution in [0.25, 0.3) is 0 Å². The third-order valence-electron chi connectivity index (χ3n) is 3.56. The summed E-state index contributed by atoms with van der Waals surface area (Å²) in [4.78, 5) is 2.38. The molecule has 0 aliphatic carbocycles. The number of alkyl halides is 1. The van der Waals surface area contributed by atoms with Crippen molar-refractivity contribution in [3.8, 4) is 0 Å². The molecular weight excluding hydrogens is 331 g/mol. The van der Waals surface area contributed by atoms with Crippen molar-refractivity contribution in [2.75, 3.05) is 32.9 Å². The Labute approximate surface area is 129 Å². The van der Waals surface area contributed by atoms with Crippen molar-refractivity contribution in [2.45, 2.75) is 19.4 Å². The van der Waals surface area contributed by atoms with E-state index in [9.17, 15) is 4.39 Å². The molecule has 1 atom stereocenters. The van der Waals surface area contributed by atoms with E-state index in [1.165, 1.54) is 11.1 Å². The Bertz CT molecular complexity index is 397. The van der Waals surface area contributed by atoms with Crippen molar-refractivity contribution in [2.24, 2.45) is 0 Å². The molecule has 1 fully saturated rings. The van der Waals surface area contributed by atoms with Gasteiger partial charge in [-0.05, 0) is 30.5 Å². The molecule has 19 heavy (non-hydrogen) atoms. The molecule has 0 unspecified atom stereocenters. The summed E-state index contributed by atoms with van der Waals surface area (Å²) in [5.41, 5.74) is 2.44. The van der Waals surface area contributed by atoms with Crippen molar-refractivity contribution in [3.05, 3.63) is 33.8 Å². The zero-order chi connectivity index (χ0) is 13.0. The second-order valence-electron chi connectivity index (χ2n) is 4.79. The Morgan fingerprint density at radius 1 is 1.37 bits per heavy atom. The minimum atomic E-state index is -0.264. The van der Waals surface area contributed by atoms with E-state index in [-0.39, 0.29) is 25.1 Å². The number of nitrogens with zero attached hydrogens (tertiary/aromatic N) is 1. The highest BCUT2D eigenvalue weighted by Crippen LogP contribution is 2.28. The van der Waals surface area contributed by atoms with Crippen molar-refractivity contribution in [1.82, 2.24) is 10.2 Å². The van der Waals surface area contributed by atoms with Gasteiger partial charge in [-0.15, -0.1) is 12.4 Å². The number of benzene rings is 1. The average Bonchev–Trinajstić information content (AvgIpc) is 2.40. The minimum Gasteiger partial charge on any atom is -0.314 e. The van der Waals surface area contributed by atoms with Crippen LogP contribution in [0.4, 0.5) is 4.39 Å². The Kier molecular flexibility index (Phi) is 7.29. The van der Waals surface area contributed by atoms with Crippen LogP contribution in [0.15, 0.2) is 22.7 Å². The number of hydrogen-bond acceptors (Lipinski definition) is 2. The summed E-state index contributed by atoms with van der Waals surface area (Å²) in [5.74, 6) is 0. The molecular formula is C14H21BrClFN2. The SMILES string of the molecule is Cc1ccc([C@H](CCF)N2CCNCC2)cc1Br.Cl. The topological polar surface area (TPSA) is 15.3 Å². The lowest BCUT2D eigenvalue weighted by Gasteiger charge is -2.35. The number of aryl methyl sites for hydroxylation is 1. The van der Waals surface area contributed by atoms with Crippen molar-refractivity contribution >= 4 is 28.3 Å². The van der Waals surface area contributed by atoms with E-state index >= 15 is 0 Å². The predicted octanol–water partition coefficient (Wildman–Crippen LogP) is 3.49. The predicted molar refractivity (Wildman–Crippen MR) is 83.9 cm³/mol. The summed E-state index contributed by atoms with van der Waals surface area (Å²) in [5, 5.41) is 3.34. The molecule has 0 aromatic heterocycles. The summed E-state index contributed by atoms with van der Waals surface area (Å²) in [6.45, 7) is 5.79. The fraction of sp³-hybridized carbons (Fsp3) is 0.571. The molecule has 2 nitrogen and oxygen atoms in total. The third kappa shape index (κ3) is 4.42. The molecule has 1 aromatic rings. The van der Waals surface area contributed by atoms with E-state index in [1.807, 2.05) is 0 Å². The first kappa shape index (κ1) is 16.9. The largest absolute Gasteiger partial charge is 0.314 e. The van der Waals surface area contributed by atoms with Gasteiger partial charge in [-0.1, -0.05) is 28.1 Å². The highest BCUT2D eigenvalue weighted by Gasteiger charge is 2.22. The fourth-order valence-electron chi connectivity index (χ4n) is 2.47. The molecule has 1 heterocycles. The van der Waals surface area contributed by atoms with Gasteiger partial charge in [-0.2, -0.15) is 0 Å². The average molecular weight is 352 g/mol. The number of hydrogen-bond donors (Lipinski definition) is 1. The van der Waals surface area contributed by atoms with Gasteiger partial charge in [0.15, 0.2) is 0 Å². The molecule has 108 valence electrons. The molecule has 2 rings (SSSR count). The standard InChI is InChI=1S/C14H20BrFN2.ClH/c1-11-2-3-12(10-13(11)15)14(4-5-16)18-8-6-17-7-9-18;/h2-3,10,14,17H,4-9H2,1H3;1H/t14-;/m0./s1. The maximum absolute atomic E-state index is 12.8. The van der Waals surface area contributed by atoms with E-state index in [2.05, 4.69) is 51.3 Å². The van der Waals surface area contributed by atoms with Crippen LogP contribution in [-0.2, 0) is 0 Å². The van der Waals surface area contributed by atoms with Gasteiger partial charge in [0.1, 0.15) is 0 Å². The first-order chi connectivity index (χ1) is 8.72. The van der Waals surface area contributed by atoms with E-state index in [1.54, 1.807) is 0 Å². The second kappa shape index (κ2) is 8.20. The number of piperazine rings is 1. The zero-order valence-electron chi connectivity index (χ0n) is 11.2. The molecule has 1 N–H and O–H groups in total. The van der Waals surface area contributed by atoms with Crippen LogP contribution >= 0.6 is 28.3 Å². The van der Waals surface area contributed by atoms with Crippen molar-refractivity contribution < 1.29 is 4.39 Å². The van der Waals surface area contributed by atoms with Crippen molar-refractivity contribution in [1.29, 1.82) is 0 Å². The van der Waals surface area contributed by atoms with Gasteiger partial charge in [0.25, 0.3) is 0 Å². The molecule has 0 saturated carbocycles. The van der Waals surface area contributed by atoms with Crippen LogP contribution in [0.5, 0.6) is 0 Å².